The van der Waals surface area contributed by atoms with Crippen molar-refractivity contribution in [2.75, 3.05) is 0 Å². The minimum atomic E-state index is -1.70. The van der Waals surface area contributed by atoms with Crippen molar-refractivity contribution in [3.05, 3.63) is 0 Å². The van der Waals surface area contributed by atoms with E-state index < -0.39 is 16.0 Å². The van der Waals surface area contributed by atoms with Crippen LogP contribution >= 0.6 is 34.8 Å². The van der Waals surface area contributed by atoms with Crippen molar-refractivity contribution in [2.45, 2.75) is 29.3 Å². The van der Waals surface area contributed by atoms with Crippen LogP contribution in [0.2, 0.25) is 0 Å². The summed E-state index contributed by atoms with van der Waals surface area (Å²) in [7, 11) is 0. The van der Waals surface area contributed by atoms with Crippen LogP contribution in [0.5, 0.6) is 0 Å². The second-order valence-electron chi connectivity index (χ2n) is 2.14. The Hall–Kier alpha value is 0.790. The third kappa shape index (κ3) is 4.58. The van der Waals surface area contributed by atoms with E-state index in [1.807, 2.05) is 0 Å². The Labute approximate surface area is 74.7 Å². The summed E-state index contributed by atoms with van der Waals surface area (Å²) in [6.45, 7) is 1.51. The van der Waals surface area contributed by atoms with Gasteiger partial charge in [-0.1, -0.05) is 34.8 Å². The summed E-state index contributed by atoms with van der Waals surface area (Å²) < 4.78 is -1.70. The van der Waals surface area contributed by atoms with Crippen LogP contribution in [0, 0.1) is 0 Å². The SMILES string of the molecule is CC(O)CC(O)C(Cl)(Cl)Cl. The summed E-state index contributed by atoms with van der Waals surface area (Å²) in [5, 5.41) is 17.8. The van der Waals surface area contributed by atoms with E-state index in [1.54, 1.807) is 0 Å². The Kier molecular flexibility index (Phi) is 4.29. The van der Waals surface area contributed by atoms with Gasteiger partial charge >= 0.3 is 0 Å². The van der Waals surface area contributed by atoms with E-state index in [1.165, 1.54) is 6.92 Å². The molecule has 0 radical (unpaired) electrons. The normalized spacial score (nSPS) is 18.6. The second kappa shape index (κ2) is 3.98. The van der Waals surface area contributed by atoms with Crippen molar-refractivity contribution >= 4 is 34.8 Å². The van der Waals surface area contributed by atoms with Crippen molar-refractivity contribution in [2.24, 2.45) is 0 Å². The average Bonchev–Trinajstić information content (AvgIpc) is 1.60. The summed E-state index contributed by atoms with van der Waals surface area (Å²) in [6.07, 6.45) is -1.71. The number of aliphatic hydroxyl groups is 2. The van der Waals surface area contributed by atoms with Gasteiger partial charge in [0.15, 0.2) is 0 Å². The van der Waals surface area contributed by atoms with Crippen molar-refractivity contribution in [3.63, 3.8) is 0 Å². The zero-order valence-corrected chi connectivity index (χ0v) is 7.66. The van der Waals surface area contributed by atoms with E-state index in [2.05, 4.69) is 0 Å². The molecule has 10 heavy (non-hydrogen) atoms. The maximum atomic E-state index is 9.00. The lowest BCUT2D eigenvalue weighted by Crippen LogP contribution is -2.28. The molecule has 0 fully saturated rings. The summed E-state index contributed by atoms with van der Waals surface area (Å²) in [5.74, 6) is 0. The van der Waals surface area contributed by atoms with E-state index in [0.717, 1.165) is 0 Å². The van der Waals surface area contributed by atoms with Gasteiger partial charge in [0.1, 0.15) is 6.10 Å². The number of alkyl halides is 3. The minimum Gasteiger partial charge on any atom is -0.393 e. The lowest BCUT2D eigenvalue weighted by molar-refractivity contribution is 0.0929. The second-order valence-corrected chi connectivity index (χ2v) is 4.51. The van der Waals surface area contributed by atoms with Crippen molar-refractivity contribution in [3.8, 4) is 0 Å². The molecule has 0 amide bonds. The third-order valence-electron chi connectivity index (χ3n) is 0.942. The van der Waals surface area contributed by atoms with Gasteiger partial charge in [0.05, 0.1) is 6.10 Å². The Bertz CT molecular complexity index is 99.6. The highest BCUT2D eigenvalue weighted by molar-refractivity contribution is 6.68. The molecule has 0 aliphatic carbocycles. The van der Waals surface area contributed by atoms with Gasteiger partial charge in [-0.05, 0) is 6.92 Å². The molecule has 0 aliphatic heterocycles. The van der Waals surface area contributed by atoms with Crippen molar-refractivity contribution < 1.29 is 10.2 Å². The Morgan fingerprint density at radius 1 is 1.30 bits per heavy atom. The van der Waals surface area contributed by atoms with Crippen LogP contribution < -0.4 is 0 Å². The topological polar surface area (TPSA) is 40.5 Å². The number of aliphatic hydroxyl groups excluding tert-OH is 2. The summed E-state index contributed by atoms with van der Waals surface area (Å²) in [6, 6.07) is 0. The van der Waals surface area contributed by atoms with Gasteiger partial charge in [-0.25, -0.2) is 0 Å². The lowest BCUT2D eigenvalue weighted by atomic mass is 10.2. The van der Waals surface area contributed by atoms with Crippen LogP contribution in [-0.2, 0) is 0 Å². The summed E-state index contributed by atoms with van der Waals surface area (Å²) in [5.41, 5.74) is 0. The van der Waals surface area contributed by atoms with Crippen molar-refractivity contribution in [1.82, 2.24) is 0 Å². The smallest absolute Gasteiger partial charge is 0.216 e. The molecule has 2 N–H and O–H groups in total. The van der Waals surface area contributed by atoms with Crippen LogP contribution in [0.25, 0.3) is 0 Å². The first-order chi connectivity index (χ1) is 4.34. The van der Waals surface area contributed by atoms with E-state index >= 15 is 0 Å². The number of rotatable bonds is 2. The van der Waals surface area contributed by atoms with Crippen LogP contribution in [0.4, 0.5) is 0 Å². The average molecular weight is 207 g/mol. The number of hydrogen-bond acceptors (Lipinski definition) is 2. The highest BCUT2D eigenvalue weighted by Gasteiger charge is 2.31. The van der Waals surface area contributed by atoms with Crippen molar-refractivity contribution in [1.29, 1.82) is 0 Å². The van der Waals surface area contributed by atoms with Gasteiger partial charge in [-0.15, -0.1) is 0 Å². The quantitative estimate of drug-likeness (QED) is 0.674. The van der Waals surface area contributed by atoms with Gasteiger partial charge in [-0.3, -0.25) is 0 Å². The fourth-order valence-corrected chi connectivity index (χ4v) is 0.724. The summed E-state index contributed by atoms with van der Waals surface area (Å²) in [4.78, 5) is 0. The molecule has 2 nitrogen and oxygen atoms in total. The Morgan fingerprint density at radius 2 is 1.70 bits per heavy atom. The molecule has 0 bridgehead atoms. The first-order valence-electron chi connectivity index (χ1n) is 2.77. The van der Waals surface area contributed by atoms with Crippen LogP contribution in [0.1, 0.15) is 13.3 Å². The minimum absolute atomic E-state index is 0.0660. The molecule has 0 aromatic carbocycles. The Morgan fingerprint density at radius 3 is 1.80 bits per heavy atom. The summed E-state index contributed by atoms with van der Waals surface area (Å²) >= 11 is 15.9. The molecule has 2 atom stereocenters. The molecule has 0 aromatic heterocycles. The molecule has 0 heterocycles. The largest absolute Gasteiger partial charge is 0.393 e. The molecule has 0 aromatic rings. The molecular formula is C5H9Cl3O2. The van der Waals surface area contributed by atoms with E-state index in [0.29, 0.717) is 0 Å². The molecule has 0 rings (SSSR count). The number of hydrogen-bond donors (Lipinski definition) is 2. The van der Waals surface area contributed by atoms with Gasteiger partial charge < -0.3 is 10.2 Å². The molecule has 0 aliphatic rings. The third-order valence-corrected chi connectivity index (χ3v) is 1.70. The highest BCUT2D eigenvalue weighted by Crippen LogP contribution is 2.32. The monoisotopic (exact) mass is 206 g/mol. The van der Waals surface area contributed by atoms with Gasteiger partial charge in [-0.2, -0.15) is 0 Å². The predicted molar refractivity (Wildman–Crippen MR) is 42.6 cm³/mol. The maximum absolute atomic E-state index is 9.00. The van der Waals surface area contributed by atoms with Gasteiger partial charge in [0, 0.05) is 6.42 Å². The Balaban J connectivity index is 3.73. The molecule has 0 spiro atoms. The van der Waals surface area contributed by atoms with E-state index in [-0.39, 0.29) is 6.42 Å². The molecular weight excluding hydrogens is 198 g/mol. The molecule has 62 valence electrons. The fourth-order valence-electron chi connectivity index (χ4n) is 0.457. The molecule has 0 saturated carbocycles. The van der Waals surface area contributed by atoms with Crippen LogP contribution in [0.15, 0.2) is 0 Å². The van der Waals surface area contributed by atoms with Gasteiger partial charge in [0.2, 0.25) is 3.79 Å². The van der Waals surface area contributed by atoms with Crippen LogP contribution in [-0.4, -0.2) is 26.2 Å². The molecule has 2 unspecified atom stereocenters. The number of halogens is 3. The first-order valence-corrected chi connectivity index (χ1v) is 3.90. The maximum Gasteiger partial charge on any atom is 0.216 e. The van der Waals surface area contributed by atoms with E-state index in [9.17, 15) is 0 Å². The van der Waals surface area contributed by atoms with Gasteiger partial charge in [0.25, 0.3) is 0 Å². The predicted octanol–water partition coefficient (Wildman–Crippen LogP) is 1.49. The highest BCUT2D eigenvalue weighted by atomic mass is 35.6. The van der Waals surface area contributed by atoms with E-state index in [4.69, 9.17) is 45.0 Å². The molecule has 5 heteroatoms. The fraction of sp³-hybridized carbons (Fsp3) is 1.00. The lowest BCUT2D eigenvalue weighted by Gasteiger charge is -2.19. The molecule has 0 saturated heterocycles. The standard InChI is InChI=1S/C5H9Cl3O2/c1-3(9)2-4(10)5(6,7)8/h3-4,9-10H,2H2,1H3. The first kappa shape index (κ1) is 10.8. The van der Waals surface area contributed by atoms with Crippen LogP contribution in [0.3, 0.4) is 0 Å². The zero-order valence-electron chi connectivity index (χ0n) is 5.39. The zero-order chi connectivity index (χ0) is 8.36.